The minimum Gasteiger partial charge on any atom is -0.464 e. The molecule has 0 radical (unpaired) electrons. The van der Waals surface area contributed by atoms with Crippen LogP contribution in [-0.2, 0) is 20.7 Å². The third-order valence-corrected chi connectivity index (χ3v) is 2.48. The summed E-state index contributed by atoms with van der Waals surface area (Å²) < 4.78 is 23.1. The number of hydrogen-bond donors (Lipinski definition) is 1. The highest BCUT2D eigenvalue weighted by molar-refractivity contribution is 5.70. The van der Waals surface area contributed by atoms with Gasteiger partial charge in [-0.3, -0.25) is 0 Å². The highest BCUT2D eigenvalue weighted by atomic mass is 19.1. The van der Waals surface area contributed by atoms with Gasteiger partial charge in [-0.2, -0.15) is 0 Å². The van der Waals surface area contributed by atoms with E-state index in [1.807, 2.05) is 6.07 Å². The van der Waals surface area contributed by atoms with Gasteiger partial charge in [-0.1, -0.05) is 18.2 Å². The minimum atomic E-state index is -0.353. The largest absolute Gasteiger partial charge is 0.464 e. The van der Waals surface area contributed by atoms with Crippen molar-refractivity contribution in [2.24, 2.45) is 0 Å². The summed E-state index contributed by atoms with van der Waals surface area (Å²) in [5.74, 6) is -0.531. The van der Waals surface area contributed by atoms with E-state index in [-0.39, 0.29) is 18.4 Å². The summed E-state index contributed by atoms with van der Waals surface area (Å²) in [7, 11) is 0. The Morgan fingerprint density at radius 2 is 2.11 bits per heavy atom. The van der Waals surface area contributed by atoms with Crippen molar-refractivity contribution in [2.45, 2.75) is 13.3 Å². The third kappa shape index (κ3) is 6.88. The molecule has 1 N–H and O–H groups in total. The maximum absolute atomic E-state index is 13.3. The van der Waals surface area contributed by atoms with Crippen molar-refractivity contribution in [2.75, 3.05) is 32.9 Å². The van der Waals surface area contributed by atoms with Crippen molar-refractivity contribution >= 4 is 5.97 Å². The number of hydrogen-bond acceptors (Lipinski definition) is 4. The molecule has 1 aromatic rings. The van der Waals surface area contributed by atoms with Gasteiger partial charge in [0.15, 0.2) is 0 Å². The van der Waals surface area contributed by atoms with Crippen LogP contribution in [0.2, 0.25) is 0 Å². The van der Waals surface area contributed by atoms with Gasteiger partial charge in [0.1, 0.15) is 12.4 Å². The van der Waals surface area contributed by atoms with Crippen LogP contribution in [0.3, 0.4) is 0 Å². The van der Waals surface area contributed by atoms with E-state index >= 15 is 0 Å². The lowest BCUT2D eigenvalue weighted by Crippen LogP contribution is -2.24. The lowest BCUT2D eigenvalue weighted by molar-refractivity contribution is -0.148. The highest BCUT2D eigenvalue weighted by Crippen LogP contribution is 2.05. The van der Waals surface area contributed by atoms with Crippen LogP contribution in [0.15, 0.2) is 24.3 Å². The Balaban J connectivity index is 2.00. The molecule has 4 nitrogen and oxygen atoms in total. The molecule has 0 bridgehead atoms. The first-order valence-corrected chi connectivity index (χ1v) is 6.41. The normalized spacial score (nSPS) is 10.4. The van der Waals surface area contributed by atoms with E-state index in [0.717, 1.165) is 0 Å². The van der Waals surface area contributed by atoms with Crippen molar-refractivity contribution in [1.82, 2.24) is 5.32 Å². The Morgan fingerprint density at radius 1 is 1.32 bits per heavy atom. The Morgan fingerprint density at radius 3 is 2.84 bits per heavy atom. The molecule has 0 fully saturated rings. The third-order valence-electron chi connectivity index (χ3n) is 2.48. The van der Waals surface area contributed by atoms with Gasteiger partial charge in [-0.15, -0.1) is 0 Å². The van der Waals surface area contributed by atoms with Crippen LogP contribution in [-0.4, -0.2) is 38.9 Å². The second-order valence-electron chi connectivity index (χ2n) is 3.95. The smallest absolute Gasteiger partial charge is 0.332 e. The van der Waals surface area contributed by atoms with Gasteiger partial charge in [0.05, 0.1) is 13.2 Å². The molecular formula is C14H20FNO3. The zero-order valence-corrected chi connectivity index (χ0v) is 11.2. The summed E-state index contributed by atoms with van der Waals surface area (Å²) in [4.78, 5) is 10.9. The number of nitrogens with one attached hydrogen (secondary N) is 1. The summed E-state index contributed by atoms with van der Waals surface area (Å²) in [6, 6.07) is 6.72. The lowest BCUT2D eigenvalue weighted by atomic mass is 10.1. The van der Waals surface area contributed by atoms with Crippen LogP contribution in [0, 0.1) is 5.82 Å². The van der Waals surface area contributed by atoms with Crippen LogP contribution in [0.1, 0.15) is 12.5 Å². The van der Waals surface area contributed by atoms with Crippen LogP contribution in [0.25, 0.3) is 0 Å². The second kappa shape index (κ2) is 9.47. The zero-order valence-electron chi connectivity index (χ0n) is 11.2. The number of ether oxygens (including phenoxy) is 2. The molecule has 0 saturated heterocycles. The molecule has 19 heavy (non-hydrogen) atoms. The van der Waals surface area contributed by atoms with Crippen molar-refractivity contribution in [1.29, 1.82) is 0 Å². The quantitative estimate of drug-likeness (QED) is 0.545. The zero-order chi connectivity index (χ0) is 13.9. The van der Waals surface area contributed by atoms with Crippen molar-refractivity contribution in [3.63, 3.8) is 0 Å². The molecule has 0 amide bonds. The summed E-state index contributed by atoms with van der Waals surface area (Å²) in [5, 5.41) is 3.12. The van der Waals surface area contributed by atoms with Crippen molar-refractivity contribution < 1.29 is 18.7 Å². The molecule has 0 aliphatic heterocycles. The number of carbonyl (C=O) groups excluding carboxylic acids is 1. The van der Waals surface area contributed by atoms with Crippen LogP contribution >= 0.6 is 0 Å². The molecule has 1 rings (SSSR count). The van der Waals surface area contributed by atoms with Gasteiger partial charge in [-0.05, 0) is 31.5 Å². The van der Waals surface area contributed by atoms with E-state index in [0.29, 0.717) is 38.3 Å². The first-order valence-electron chi connectivity index (χ1n) is 6.41. The van der Waals surface area contributed by atoms with E-state index in [1.165, 1.54) is 6.07 Å². The molecule has 0 aliphatic carbocycles. The average Bonchev–Trinajstić information content (AvgIpc) is 2.40. The maximum Gasteiger partial charge on any atom is 0.332 e. The fourth-order valence-corrected chi connectivity index (χ4v) is 1.55. The Hall–Kier alpha value is -1.46. The molecule has 5 heteroatoms. The first-order chi connectivity index (χ1) is 9.24. The predicted molar refractivity (Wildman–Crippen MR) is 70.4 cm³/mol. The van der Waals surface area contributed by atoms with E-state index in [2.05, 4.69) is 5.32 Å². The molecule has 0 atom stereocenters. The monoisotopic (exact) mass is 269 g/mol. The molecule has 0 aliphatic rings. The minimum absolute atomic E-state index is 0.0250. The van der Waals surface area contributed by atoms with Crippen LogP contribution in [0.4, 0.5) is 4.39 Å². The Kier molecular flexibility index (Phi) is 7.77. The fraction of sp³-hybridized carbons (Fsp3) is 0.500. The van der Waals surface area contributed by atoms with Gasteiger partial charge < -0.3 is 14.8 Å². The maximum atomic E-state index is 13.3. The fourth-order valence-electron chi connectivity index (χ4n) is 1.55. The molecule has 0 spiro atoms. The molecule has 0 saturated carbocycles. The second-order valence-corrected chi connectivity index (χ2v) is 3.95. The molecule has 1 aromatic carbocycles. The molecule has 106 valence electrons. The average molecular weight is 269 g/mol. The number of carbonyl (C=O) groups is 1. The summed E-state index contributed by atoms with van der Waals surface area (Å²) in [6.45, 7) is 3.81. The van der Waals surface area contributed by atoms with E-state index < -0.39 is 0 Å². The number of halogens is 1. The van der Waals surface area contributed by atoms with Gasteiger partial charge >= 0.3 is 5.97 Å². The lowest BCUT2D eigenvalue weighted by Gasteiger charge is -2.06. The van der Waals surface area contributed by atoms with Gasteiger partial charge in [0.25, 0.3) is 0 Å². The molecule has 0 aromatic heterocycles. The standard InChI is InChI=1S/C14H20FNO3/c1-2-19-14(17)11-18-10-9-16-8-7-12-5-3-4-6-13(12)15/h3-6,16H,2,7-11H2,1H3. The van der Waals surface area contributed by atoms with Gasteiger partial charge in [-0.25, -0.2) is 9.18 Å². The topological polar surface area (TPSA) is 47.6 Å². The highest BCUT2D eigenvalue weighted by Gasteiger charge is 2.01. The predicted octanol–water partition coefficient (Wildman–Crippen LogP) is 1.54. The molecule has 0 unspecified atom stereocenters. The Labute approximate surface area is 112 Å². The number of benzene rings is 1. The molecular weight excluding hydrogens is 249 g/mol. The SMILES string of the molecule is CCOC(=O)COCCNCCc1ccccc1F. The first kappa shape index (κ1) is 15.6. The van der Waals surface area contributed by atoms with Crippen molar-refractivity contribution in [3.05, 3.63) is 35.6 Å². The summed E-state index contributed by atoms with van der Waals surface area (Å²) in [5.41, 5.74) is 0.697. The summed E-state index contributed by atoms with van der Waals surface area (Å²) in [6.07, 6.45) is 0.630. The van der Waals surface area contributed by atoms with Crippen LogP contribution in [0.5, 0.6) is 0 Å². The van der Waals surface area contributed by atoms with Gasteiger partial charge in [0, 0.05) is 6.54 Å². The van der Waals surface area contributed by atoms with Crippen LogP contribution < -0.4 is 5.32 Å². The van der Waals surface area contributed by atoms with E-state index in [1.54, 1.807) is 19.1 Å². The van der Waals surface area contributed by atoms with E-state index in [9.17, 15) is 9.18 Å². The number of esters is 1. The van der Waals surface area contributed by atoms with Gasteiger partial charge in [0.2, 0.25) is 0 Å². The Bertz CT molecular complexity index is 385. The summed E-state index contributed by atoms with van der Waals surface area (Å²) >= 11 is 0. The van der Waals surface area contributed by atoms with Crippen molar-refractivity contribution in [3.8, 4) is 0 Å². The van der Waals surface area contributed by atoms with E-state index in [4.69, 9.17) is 9.47 Å². The molecule has 0 heterocycles. The number of rotatable bonds is 9.